The Labute approximate surface area is 101 Å². The molecular weight excluding hydrogens is 212 g/mol. The van der Waals surface area contributed by atoms with Crippen LogP contribution in [-0.4, -0.2) is 27.7 Å². The molecule has 2 heterocycles. The molecule has 1 saturated heterocycles. The van der Waals surface area contributed by atoms with Gasteiger partial charge in [-0.15, -0.1) is 0 Å². The number of rotatable bonds is 2. The highest BCUT2D eigenvalue weighted by Gasteiger charge is 2.15. The van der Waals surface area contributed by atoms with E-state index in [4.69, 9.17) is 0 Å². The molecule has 3 nitrogen and oxygen atoms in total. The fourth-order valence-electron chi connectivity index (χ4n) is 2.72. The number of aromatic nitrogens is 1. The summed E-state index contributed by atoms with van der Waals surface area (Å²) in [6.07, 6.45) is 2.63. The molecule has 0 bridgehead atoms. The fourth-order valence-corrected chi connectivity index (χ4v) is 2.72. The minimum Gasteiger partial charge on any atom is -0.507 e. The van der Waals surface area contributed by atoms with Gasteiger partial charge in [-0.3, -0.25) is 4.90 Å². The number of likely N-dealkylation sites (tertiary alicyclic amines) is 1. The van der Waals surface area contributed by atoms with Crippen molar-refractivity contribution < 1.29 is 5.11 Å². The van der Waals surface area contributed by atoms with E-state index in [9.17, 15) is 5.11 Å². The third-order valence-electron chi connectivity index (χ3n) is 3.75. The number of phenols is 1. The van der Waals surface area contributed by atoms with Crippen LogP contribution in [0, 0.1) is 0 Å². The lowest BCUT2D eigenvalue weighted by atomic mass is 10.2. The van der Waals surface area contributed by atoms with Crippen molar-refractivity contribution in [1.82, 2.24) is 9.47 Å². The van der Waals surface area contributed by atoms with Gasteiger partial charge >= 0.3 is 0 Å². The van der Waals surface area contributed by atoms with Gasteiger partial charge in [0.25, 0.3) is 0 Å². The van der Waals surface area contributed by atoms with Crippen LogP contribution in [0.15, 0.2) is 24.3 Å². The van der Waals surface area contributed by atoms with E-state index in [1.165, 1.54) is 31.6 Å². The maximum Gasteiger partial charge on any atom is 0.124 e. The van der Waals surface area contributed by atoms with Crippen LogP contribution in [-0.2, 0) is 13.6 Å². The van der Waals surface area contributed by atoms with Crippen LogP contribution in [0.2, 0.25) is 0 Å². The summed E-state index contributed by atoms with van der Waals surface area (Å²) in [5.41, 5.74) is 2.39. The van der Waals surface area contributed by atoms with Crippen LogP contribution in [0.5, 0.6) is 5.75 Å². The zero-order valence-electron chi connectivity index (χ0n) is 10.2. The van der Waals surface area contributed by atoms with Gasteiger partial charge in [0.2, 0.25) is 0 Å². The first-order valence-electron chi connectivity index (χ1n) is 6.24. The summed E-state index contributed by atoms with van der Waals surface area (Å²) in [4.78, 5) is 2.48. The lowest BCUT2D eigenvalue weighted by Gasteiger charge is -2.14. The van der Waals surface area contributed by atoms with E-state index in [1.807, 2.05) is 6.07 Å². The first-order valence-corrected chi connectivity index (χ1v) is 6.24. The number of aromatic hydroxyl groups is 1. The number of phenolic OH excluding ortho intramolecular Hbond substituents is 1. The molecule has 1 N–H and O–H groups in total. The van der Waals surface area contributed by atoms with E-state index >= 15 is 0 Å². The Kier molecular flexibility index (Phi) is 2.56. The van der Waals surface area contributed by atoms with Gasteiger partial charge in [0.1, 0.15) is 5.75 Å². The van der Waals surface area contributed by atoms with Crippen molar-refractivity contribution in [2.24, 2.45) is 7.05 Å². The molecule has 1 aromatic carbocycles. The van der Waals surface area contributed by atoms with Crippen LogP contribution >= 0.6 is 0 Å². The summed E-state index contributed by atoms with van der Waals surface area (Å²) >= 11 is 0. The molecule has 1 aliphatic heterocycles. The van der Waals surface area contributed by atoms with Gasteiger partial charge in [0.05, 0.1) is 5.52 Å². The Morgan fingerprint density at radius 3 is 2.71 bits per heavy atom. The molecule has 17 heavy (non-hydrogen) atoms. The average molecular weight is 230 g/mol. The summed E-state index contributed by atoms with van der Waals surface area (Å²) in [7, 11) is 2.08. The van der Waals surface area contributed by atoms with Gasteiger partial charge < -0.3 is 9.67 Å². The molecule has 2 aromatic rings. The molecule has 1 fully saturated rings. The fraction of sp³-hybridized carbons (Fsp3) is 0.429. The van der Waals surface area contributed by atoms with Crippen molar-refractivity contribution in [1.29, 1.82) is 0 Å². The number of nitrogens with zero attached hydrogens (tertiary/aromatic N) is 2. The zero-order chi connectivity index (χ0) is 11.8. The number of fused-ring (bicyclic) bond motifs is 1. The monoisotopic (exact) mass is 230 g/mol. The van der Waals surface area contributed by atoms with Gasteiger partial charge in [-0.25, -0.2) is 0 Å². The maximum absolute atomic E-state index is 9.84. The topological polar surface area (TPSA) is 28.4 Å². The van der Waals surface area contributed by atoms with Crippen molar-refractivity contribution >= 4 is 10.9 Å². The van der Waals surface area contributed by atoms with E-state index in [2.05, 4.69) is 28.6 Å². The van der Waals surface area contributed by atoms with Gasteiger partial charge in [0, 0.05) is 24.7 Å². The van der Waals surface area contributed by atoms with Crippen LogP contribution in [0.1, 0.15) is 18.5 Å². The van der Waals surface area contributed by atoms with Gasteiger partial charge in [-0.2, -0.15) is 0 Å². The molecule has 3 heteroatoms. The molecule has 90 valence electrons. The second-order valence-corrected chi connectivity index (χ2v) is 4.89. The predicted octanol–water partition coefficient (Wildman–Crippen LogP) is 2.48. The molecule has 1 aliphatic rings. The Bertz CT molecular complexity index is 538. The van der Waals surface area contributed by atoms with E-state index in [-0.39, 0.29) is 0 Å². The minimum atomic E-state index is 0.380. The quantitative estimate of drug-likeness (QED) is 0.858. The number of hydrogen-bond acceptors (Lipinski definition) is 2. The maximum atomic E-state index is 9.84. The van der Waals surface area contributed by atoms with Crippen molar-refractivity contribution in [2.45, 2.75) is 19.4 Å². The normalized spacial score (nSPS) is 17.0. The second kappa shape index (κ2) is 4.08. The zero-order valence-corrected chi connectivity index (χ0v) is 10.2. The van der Waals surface area contributed by atoms with Crippen LogP contribution in [0.4, 0.5) is 0 Å². The summed E-state index contributed by atoms with van der Waals surface area (Å²) in [6, 6.07) is 7.82. The number of benzene rings is 1. The largest absolute Gasteiger partial charge is 0.507 e. The van der Waals surface area contributed by atoms with E-state index in [0.29, 0.717) is 5.75 Å². The Balaban J connectivity index is 1.99. The molecule has 1 aromatic heterocycles. The lowest BCUT2D eigenvalue weighted by molar-refractivity contribution is 0.324. The van der Waals surface area contributed by atoms with Crippen LogP contribution < -0.4 is 0 Å². The van der Waals surface area contributed by atoms with E-state index in [1.54, 1.807) is 6.07 Å². The minimum absolute atomic E-state index is 0.380. The molecule has 0 atom stereocenters. The molecule has 0 radical (unpaired) electrons. The highest BCUT2D eigenvalue weighted by molar-refractivity contribution is 5.87. The molecule has 0 spiro atoms. The first-order chi connectivity index (χ1) is 8.25. The Morgan fingerprint density at radius 1 is 1.24 bits per heavy atom. The van der Waals surface area contributed by atoms with Crippen molar-refractivity contribution in [3.63, 3.8) is 0 Å². The molecule has 3 rings (SSSR count). The summed E-state index contributed by atoms with van der Waals surface area (Å²) in [5, 5.41) is 10.8. The molecule has 0 saturated carbocycles. The molecule has 0 amide bonds. The third-order valence-corrected chi connectivity index (χ3v) is 3.75. The SMILES string of the molecule is Cn1c(CN2CCCC2)cc2c(O)cccc21. The van der Waals surface area contributed by atoms with E-state index in [0.717, 1.165) is 17.4 Å². The van der Waals surface area contributed by atoms with Gasteiger partial charge in [0.15, 0.2) is 0 Å². The lowest BCUT2D eigenvalue weighted by Crippen LogP contribution is -2.19. The standard InChI is InChI=1S/C14H18N2O/c1-15-11(10-16-7-2-3-8-16)9-12-13(15)5-4-6-14(12)17/h4-6,9,17H,2-3,7-8,10H2,1H3. The third kappa shape index (κ3) is 1.80. The van der Waals surface area contributed by atoms with Crippen LogP contribution in [0.3, 0.4) is 0 Å². The van der Waals surface area contributed by atoms with Crippen LogP contribution in [0.25, 0.3) is 10.9 Å². The molecule has 0 unspecified atom stereocenters. The molecule has 0 aliphatic carbocycles. The van der Waals surface area contributed by atoms with Gasteiger partial charge in [-0.05, 0) is 44.1 Å². The number of hydrogen-bond donors (Lipinski definition) is 1. The van der Waals surface area contributed by atoms with E-state index < -0.39 is 0 Å². The summed E-state index contributed by atoms with van der Waals surface area (Å²) in [5.74, 6) is 0.380. The first kappa shape index (κ1) is 10.7. The molecular formula is C14H18N2O. The smallest absolute Gasteiger partial charge is 0.124 e. The Morgan fingerprint density at radius 2 is 2.00 bits per heavy atom. The summed E-state index contributed by atoms with van der Waals surface area (Å²) < 4.78 is 2.19. The Hall–Kier alpha value is -1.48. The van der Waals surface area contributed by atoms with Crippen molar-refractivity contribution in [3.8, 4) is 5.75 Å². The highest BCUT2D eigenvalue weighted by Crippen LogP contribution is 2.28. The van der Waals surface area contributed by atoms with Crippen molar-refractivity contribution in [2.75, 3.05) is 13.1 Å². The highest BCUT2D eigenvalue weighted by atomic mass is 16.3. The summed E-state index contributed by atoms with van der Waals surface area (Å²) in [6.45, 7) is 3.39. The van der Waals surface area contributed by atoms with Crippen molar-refractivity contribution in [3.05, 3.63) is 30.0 Å². The average Bonchev–Trinajstić information content (AvgIpc) is 2.92. The van der Waals surface area contributed by atoms with Gasteiger partial charge in [-0.1, -0.05) is 6.07 Å². The second-order valence-electron chi connectivity index (χ2n) is 4.89. The number of aryl methyl sites for hydroxylation is 1. The predicted molar refractivity (Wildman–Crippen MR) is 69.1 cm³/mol.